The van der Waals surface area contributed by atoms with Gasteiger partial charge in [-0.15, -0.1) is 0 Å². The summed E-state index contributed by atoms with van der Waals surface area (Å²) in [5.41, 5.74) is 0.613. The van der Waals surface area contributed by atoms with Crippen molar-refractivity contribution < 1.29 is 17.9 Å². The van der Waals surface area contributed by atoms with E-state index < -0.39 is 12.8 Å². The maximum atomic E-state index is 11.9. The predicted octanol–water partition coefficient (Wildman–Crippen LogP) is 3.18. The minimum atomic E-state index is -4.34. The van der Waals surface area contributed by atoms with E-state index in [1.807, 2.05) is 12.1 Å². The maximum Gasteiger partial charge on any atom is 0.422 e. The Balaban J connectivity index is 2.20. The van der Waals surface area contributed by atoms with Crippen LogP contribution in [0.2, 0.25) is 0 Å². The van der Waals surface area contributed by atoms with E-state index in [0.29, 0.717) is 5.52 Å². The van der Waals surface area contributed by atoms with Gasteiger partial charge in [-0.25, -0.2) is 4.98 Å². The summed E-state index contributed by atoms with van der Waals surface area (Å²) in [6, 6.07) is 10.2. The molecule has 0 atom stereocenters. The number of benzene rings is 1. The fourth-order valence-corrected chi connectivity index (χ4v) is 1.28. The Bertz CT molecular complexity index is 496. The highest BCUT2D eigenvalue weighted by Gasteiger charge is 2.28. The van der Waals surface area contributed by atoms with Crippen molar-refractivity contribution in [3.05, 3.63) is 36.4 Å². The van der Waals surface area contributed by atoms with Gasteiger partial charge in [-0.2, -0.15) is 13.2 Å². The molecule has 0 amide bonds. The van der Waals surface area contributed by atoms with Gasteiger partial charge in [0.2, 0.25) is 5.88 Å². The SMILES string of the molecule is FC(F)(F)COc1ccc2ccccc2n1. The van der Waals surface area contributed by atoms with Crippen LogP contribution >= 0.6 is 0 Å². The zero-order chi connectivity index (χ0) is 11.6. The van der Waals surface area contributed by atoms with Gasteiger partial charge in [0.1, 0.15) is 0 Å². The molecular weight excluding hydrogens is 219 g/mol. The van der Waals surface area contributed by atoms with Crippen molar-refractivity contribution in [1.29, 1.82) is 0 Å². The zero-order valence-corrected chi connectivity index (χ0v) is 8.16. The molecule has 0 radical (unpaired) electrons. The van der Waals surface area contributed by atoms with E-state index in [2.05, 4.69) is 9.72 Å². The average Bonchev–Trinajstić information content (AvgIpc) is 2.25. The molecule has 0 N–H and O–H groups in total. The normalized spacial score (nSPS) is 11.7. The van der Waals surface area contributed by atoms with E-state index in [9.17, 15) is 13.2 Å². The molecule has 0 bridgehead atoms. The van der Waals surface area contributed by atoms with E-state index >= 15 is 0 Å². The molecule has 16 heavy (non-hydrogen) atoms. The molecule has 2 rings (SSSR count). The van der Waals surface area contributed by atoms with Gasteiger partial charge in [0, 0.05) is 11.5 Å². The zero-order valence-electron chi connectivity index (χ0n) is 8.16. The summed E-state index contributed by atoms with van der Waals surface area (Å²) in [5.74, 6) is -0.0176. The highest BCUT2D eigenvalue weighted by molar-refractivity contribution is 5.78. The van der Waals surface area contributed by atoms with Crippen molar-refractivity contribution in [2.45, 2.75) is 6.18 Å². The first-order chi connectivity index (χ1) is 7.54. The predicted molar refractivity (Wildman–Crippen MR) is 53.3 cm³/mol. The van der Waals surface area contributed by atoms with Gasteiger partial charge >= 0.3 is 6.18 Å². The number of halogens is 3. The molecule has 84 valence electrons. The summed E-state index contributed by atoms with van der Waals surface area (Å²) in [5, 5.41) is 0.863. The van der Waals surface area contributed by atoms with Gasteiger partial charge in [-0.05, 0) is 12.1 Å². The number of ether oxygens (including phenoxy) is 1. The fourth-order valence-electron chi connectivity index (χ4n) is 1.28. The molecule has 0 unspecified atom stereocenters. The maximum absolute atomic E-state index is 11.9. The molecule has 0 aliphatic heterocycles. The number of nitrogens with zero attached hydrogens (tertiary/aromatic N) is 1. The lowest BCUT2D eigenvalue weighted by Gasteiger charge is -2.08. The van der Waals surface area contributed by atoms with Crippen LogP contribution < -0.4 is 4.74 Å². The standard InChI is InChI=1S/C11H8F3NO/c12-11(13,14)7-16-10-6-5-8-3-1-2-4-9(8)15-10/h1-6H,7H2. The summed E-state index contributed by atoms with van der Waals surface area (Å²) in [6.07, 6.45) is -4.34. The Kier molecular flexibility index (Phi) is 2.68. The van der Waals surface area contributed by atoms with Crippen molar-refractivity contribution >= 4 is 10.9 Å². The van der Waals surface area contributed by atoms with E-state index in [-0.39, 0.29) is 5.88 Å². The van der Waals surface area contributed by atoms with Gasteiger partial charge in [0.15, 0.2) is 6.61 Å². The molecule has 0 spiro atoms. The first-order valence-corrected chi connectivity index (χ1v) is 4.60. The lowest BCUT2D eigenvalue weighted by Crippen LogP contribution is -2.19. The van der Waals surface area contributed by atoms with Crippen LogP contribution in [-0.2, 0) is 0 Å². The quantitative estimate of drug-likeness (QED) is 0.786. The molecular formula is C11H8F3NO. The number of hydrogen-bond donors (Lipinski definition) is 0. The summed E-state index contributed by atoms with van der Waals surface area (Å²) in [6.45, 7) is -1.32. The highest BCUT2D eigenvalue weighted by Crippen LogP contribution is 2.19. The van der Waals surface area contributed by atoms with E-state index in [0.717, 1.165) is 5.39 Å². The molecule has 1 aromatic carbocycles. The van der Waals surface area contributed by atoms with Crippen molar-refractivity contribution in [2.24, 2.45) is 0 Å². The van der Waals surface area contributed by atoms with Crippen molar-refractivity contribution in [2.75, 3.05) is 6.61 Å². The monoisotopic (exact) mass is 227 g/mol. The molecule has 0 saturated carbocycles. The van der Waals surface area contributed by atoms with Crippen molar-refractivity contribution in [3.8, 4) is 5.88 Å². The summed E-state index contributed by atoms with van der Waals surface area (Å²) >= 11 is 0. The van der Waals surface area contributed by atoms with Crippen LogP contribution in [-0.4, -0.2) is 17.8 Å². The molecule has 5 heteroatoms. The summed E-state index contributed by atoms with van der Waals surface area (Å²) < 4.78 is 40.2. The molecule has 2 aromatic rings. The van der Waals surface area contributed by atoms with Crippen LogP contribution in [0.15, 0.2) is 36.4 Å². The lowest BCUT2D eigenvalue weighted by atomic mass is 10.2. The van der Waals surface area contributed by atoms with Crippen LogP contribution in [0, 0.1) is 0 Å². The molecule has 0 aliphatic carbocycles. The minimum Gasteiger partial charge on any atom is -0.468 e. The van der Waals surface area contributed by atoms with E-state index in [4.69, 9.17) is 0 Å². The Hall–Kier alpha value is -1.78. The summed E-state index contributed by atoms with van der Waals surface area (Å²) in [4.78, 5) is 3.96. The first kappa shape index (κ1) is 10.7. The number of pyridine rings is 1. The molecule has 0 aliphatic rings. The van der Waals surface area contributed by atoms with Gasteiger partial charge in [0.05, 0.1) is 5.52 Å². The van der Waals surface area contributed by atoms with Crippen LogP contribution in [0.1, 0.15) is 0 Å². The number of aromatic nitrogens is 1. The second-order valence-electron chi connectivity index (χ2n) is 3.25. The third-order valence-corrected chi connectivity index (χ3v) is 1.96. The Morgan fingerprint density at radius 2 is 1.81 bits per heavy atom. The minimum absolute atomic E-state index is 0.0176. The molecule has 0 fully saturated rings. The molecule has 2 nitrogen and oxygen atoms in total. The average molecular weight is 227 g/mol. The first-order valence-electron chi connectivity index (χ1n) is 4.60. The van der Waals surface area contributed by atoms with Crippen molar-refractivity contribution in [3.63, 3.8) is 0 Å². The smallest absolute Gasteiger partial charge is 0.422 e. The van der Waals surface area contributed by atoms with Gasteiger partial charge in [-0.3, -0.25) is 0 Å². The van der Waals surface area contributed by atoms with Crippen molar-refractivity contribution in [1.82, 2.24) is 4.98 Å². The summed E-state index contributed by atoms with van der Waals surface area (Å²) in [7, 11) is 0. The number of para-hydroxylation sites is 1. The third kappa shape index (κ3) is 2.62. The number of fused-ring (bicyclic) bond motifs is 1. The fraction of sp³-hybridized carbons (Fsp3) is 0.182. The van der Waals surface area contributed by atoms with Crippen LogP contribution in [0.5, 0.6) is 5.88 Å². The molecule has 0 saturated heterocycles. The topological polar surface area (TPSA) is 22.1 Å². The lowest BCUT2D eigenvalue weighted by molar-refractivity contribution is -0.154. The number of hydrogen-bond acceptors (Lipinski definition) is 2. The van der Waals surface area contributed by atoms with Crippen LogP contribution in [0.25, 0.3) is 10.9 Å². The Labute approximate surface area is 89.7 Å². The van der Waals surface area contributed by atoms with Gasteiger partial charge in [-0.1, -0.05) is 18.2 Å². The number of rotatable bonds is 2. The van der Waals surface area contributed by atoms with Gasteiger partial charge in [0.25, 0.3) is 0 Å². The van der Waals surface area contributed by atoms with E-state index in [1.165, 1.54) is 6.07 Å². The second-order valence-corrected chi connectivity index (χ2v) is 3.25. The second kappa shape index (κ2) is 4.00. The Morgan fingerprint density at radius 3 is 2.56 bits per heavy atom. The molecule has 1 aromatic heterocycles. The largest absolute Gasteiger partial charge is 0.468 e. The third-order valence-electron chi connectivity index (χ3n) is 1.96. The number of alkyl halides is 3. The van der Waals surface area contributed by atoms with Gasteiger partial charge < -0.3 is 4.74 Å². The van der Waals surface area contributed by atoms with E-state index in [1.54, 1.807) is 18.2 Å². The van der Waals surface area contributed by atoms with Crippen LogP contribution in [0.4, 0.5) is 13.2 Å². The highest BCUT2D eigenvalue weighted by atomic mass is 19.4. The Morgan fingerprint density at radius 1 is 1.06 bits per heavy atom. The molecule has 1 heterocycles. The van der Waals surface area contributed by atoms with Crippen LogP contribution in [0.3, 0.4) is 0 Å².